The van der Waals surface area contributed by atoms with Gasteiger partial charge in [0.05, 0.1) is 25.4 Å². The van der Waals surface area contributed by atoms with E-state index in [-0.39, 0.29) is 17.1 Å². The van der Waals surface area contributed by atoms with Crippen molar-refractivity contribution in [1.29, 1.82) is 0 Å². The average molecular weight is 298 g/mol. The number of benzene rings is 1. The zero-order valence-electron chi connectivity index (χ0n) is 11.1. The SMILES string of the molecule is Nc1ccccc1S(=O)(=O)N1CCCC2(C1)OCCO2. The molecule has 0 aliphatic carbocycles. The van der Waals surface area contributed by atoms with Crippen molar-refractivity contribution in [2.75, 3.05) is 32.0 Å². The molecule has 1 spiro atoms. The van der Waals surface area contributed by atoms with Gasteiger partial charge >= 0.3 is 0 Å². The number of hydrogen-bond acceptors (Lipinski definition) is 5. The van der Waals surface area contributed by atoms with Crippen molar-refractivity contribution in [2.45, 2.75) is 23.5 Å². The van der Waals surface area contributed by atoms with E-state index >= 15 is 0 Å². The molecule has 3 rings (SSSR count). The van der Waals surface area contributed by atoms with Crippen LogP contribution in [0.1, 0.15) is 12.8 Å². The first-order valence-corrected chi connectivity index (χ1v) is 8.10. The summed E-state index contributed by atoms with van der Waals surface area (Å²) in [6.07, 6.45) is 1.44. The first kappa shape index (κ1) is 13.8. The fourth-order valence-electron chi connectivity index (χ4n) is 2.74. The number of rotatable bonds is 2. The molecule has 7 heteroatoms. The Labute approximate surface area is 118 Å². The van der Waals surface area contributed by atoms with Crippen molar-refractivity contribution >= 4 is 15.7 Å². The Hall–Kier alpha value is -1.15. The average Bonchev–Trinajstić information content (AvgIpc) is 2.87. The number of hydrogen-bond donors (Lipinski definition) is 1. The summed E-state index contributed by atoms with van der Waals surface area (Å²) in [7, 11) is -3.61. The highest BCUT2D eigenvalue weighted by Crippen LogP contribution is 2.33. The number of nitrogens with zero attached hydrogens (tertiary/aromatic N) is 1. The minimum Gasteiger partial charge on any atom is -0.398 e. The third kappa shape index (κ3) is 2.31. The Morgan fingerprint density at radius 1 is 1.20 bits per heavy atom. The largest absolute Gasteiger partial charge is 0.398 e. The Bertz CT molecular complexity index is 596. The first-order valence-electron chi connectivity index (χ1n) is 6.66. The van der Waals surface area contributed by atoms with Crippen LogP contribution in [0.3, 0.4) is 0 Å². The van der Waals surface area contributed by atoms with E-state index in [1.807, 2.05) is 0 Å². The lowest BCUT2D eigenvalue weighted by Crippen LogP contribution is -2.50. The molecule has 0 atom stereocenters. The first-order chi connectivity index (χ1) is 9.54. The molecule has 0 radical (unpaired) electrons. The van der Waals surface area contributed by atoms with Gasteiger partial charge in [-0.15, -0.1) is 0 Å². The van der Waals surface area contributed by atoms with Crippen LogP contribution >= 0.6 is 0 Å². The molecular weight excluding hydrogens is 280 g/mol. The van der Waals surface area contributed by atoms with E-state index in [9.17, 15) is 8.42 Å². The minimum atomic E-state index is -3.61. The molecule has 0 aromatic heterocycles. The highest BCUT2D eigenvalue weighted by molar-refractivity contribution is 7.89. The Morgan fingerprint density at radius 2 is 1.90 bits per heavy atom. The standard InChI is InChI=1S/C13H18N2O4S/c14-11-4-1-2-5-12(11)20(16,17)15-7-3-6-13(10-15)18-8-9-19-13/h1-2,4-5H,3,6-10,14H2. The summed E-state index contributed by atoms with van der Waals surface area (Å²) >= 11 is 0. The molecule has 0 bridgehead atoms. The molecule has 0 saturated carbocycles. The third-order valence-electron chi connectivity index (χ3n) is 3.73. The van der Waals surface area contributed by atoms with Crippen molar-refractivity contribution in [3.8, 4) is 0 Å². The fourth-order valence-corrected chi connectivity index (χ4v) is 4.37. The van der Waals surface area contributed by atoms with Crippen LogP contribution in [0.4, 0.5) is 5.69 Å². The molecule has 2 aliphatic rings. The van der Waals surface area contributed by atoms with E-state index < -0.39 is 15.8 Å². The van der Waals surface area contributed by atoms with Crippen molar-refractivity contribution in [3.05, 3.63) is 24.3 Å². The van der Waals surface area contributed by atoms with Gasteiger partial charge in [-0.2, -0.15) is 4.31 Å². The molecular formula is C13H18N2O4S. The summed E-state index contributed by atoms with van der Waals surface area (Å²) in [5, 5.41) is 0. The summed E-state index contributed by atoms with van der Waals surface area (Å²) in [6.45, 7) is 1.72. The molecule has 2 saturated heterocycles. The maximum Gasteiger partial charge on any atom is 0.245 e. The lowest BCUT2D eigenvalue weighted by molar-refractivity contribution is -0.179. The zero-order valence-corrected chi connectivity index (χ0v) is 11.9. The van der Waals surface area contributed by atoms with Crippen molar-refractivity contribution in [1.82, 2.24) is 4.31 Å². The third-order valence-corrected chi connectivity index (χ3v) is 5.65. The minimum absolute atomic E-state index is 0.148. The lowest BCUT2D eigenvalue weighted by atomic mass is 10.1. The molecule has 0 unspecified atom stereocenters. The molecule has 1 aromatic rings. The van der Waals surface area contributed by atoms with Crippen LogP contribution in [0.15, 0.2) is 29.2 Å². The van der Waals surface area contributed by atoms with Gasteiger partial charge in [-0.3, -0.25) is 0 Å². The summed E-state index contributed by atoms with van der Waals surface area (Å²) in [6, 6.07) is 6.51. The number of sulfonamides is 1. The van der Waals surface area contributed by atoms with Gasteiger partial charge in [0.15, 0.2) is 5.79 Å². The Balaban J connectivity index is 1.90. The van der Waals surface area contributed by atoms with Gasteiger partial charge < -0.3 is 15.2 Å². The van der Waals surface area contributed by atoms with Crippen LogP contribution in [-0.2, 0) is 19.5 Å². The summed E-state index contributed by atoms with van der Waals surface area (Å²) in [4.78, 5) is 0.148. The van der Waals surface area contributed by atoms with E-state index in [1.165, 1.54) is 10.4 Å². The van der Waals surface area contributed by atoms with Crippen LogP contribution in [0.5, 0.6) is 0 Å². The summed E-state index contributed by atoms with van der Waals surface area (Å²) in [5.41, 5.74) is 6.05. The van der Waals surface area contributed by atoms with Crippen LogP contribution in [0, 0.1) is 0 Å². The highest BCUT2D eigenvalue weighted by Gasteiger charge is 2.44. The number of para-hydroxylation sites is 1. The van der Waals surface area contributed by atoms with Crippen LogP contribution < -0.4 is 5.73 Å². The lowest BCUT2D eigenvalue weighted by Gasteiger charge is -2.37. The van der Waals surface area contributed by atoms with E-state index in [2.05, 4.69) is 0 Å². The van der Waals surface area contributed by atoms with Gasteiger partial charge in [0.1, 0.15) is 4.90 Å². The number of nitrogen functional groups attached to an aromatic ring is 1. The van der Waals surface area contributed by atoms with Gasteiger partial charge in [-0.1, -0.05) is 12.1 Å². The number of anilines is 1. The monoisotopic (exact) mass is 298 g/mol. The second kappa shape index (κ2) is 5.00. The van der Waals surface area contributed by atoms with Gasteiger partial charge in [-0.05, 0) is 18.6 Å². The molecule has 2 aliphatic heterocycles. The zero-order chi connectivity index (χ0) is 14.2. The van der Waals surface area contributed by atoms with E-state index in [0.717, 1.165) is 6.42 Å². The Kier molecular flexibility index (Phi) is 3.45. The number of piperidine rings is 1. The van der Waals surface area contributed by atoms with Gasteiger partial charge in [-0.25, -0.2) is 8.42 Å². The molecule has 2 fully saturated rings. The van der Waals surface area contributed by atoms with Crippen molar-refractivity contribution in [2.24, 2.45) is 0 Å². The van der Waals surface area contributed by atoms with Crippen LogP contribution in [0.2, 0.25) is 0 Å². The van der Waals surface area contributed by atoms with Crippen molar-refractivity contribution < 1.29 is 17.9 Å². The van der Waals surface area contributed by atoms with E-state index in [1.54, 1.807) is 18.2 Å². The molecule has 20 heavy (non-hydrogen) atoms. The fraction of sp³-hybridized carbons (Fsp3) is 0.538. The molecule has 110 valence electrons. The number of ether oxygens (including phenoxy) is 2. The topological polar surface area (TPSA) is 81.9 Å². The van der Waals surface area contributed by atoms with Crippen molar-refractivity contribution in [3.63, 3.8) is 0 Å². The molecule has 2 N–H and O–H groups in total. The van der Waals surface area contributed by atoms with Gasteiger partial charge in [0.25, 0.3) is 0 Å². The number of nitrogens with two attached hydrogens (primary N) is 1. The smallest absolute Gasteiger partial charge is 0.245 e. The maximum atomic E-state index is 12.7. The quantitative estimate of drug-likeness (QED) is 0.817. The predicted molar refractivity (Wildman–Crippen MR) is 73.5 cm³/mol. The molecule has 0 amide bonds. The van der Waals surface area contributed by atoms with Gasteiger partial charge in [0, 0.05) is 13.0 Å². The van der Waals surface area contributed by atoms with E-state index in [0.29, 0.717) is 26.2 Å². The summed E-state index contributed by atoms with van der Waals surface area (Å²) < 4.78 is 38.0. The maximum absolute atomic E-state index is 12.7. The molecule has 2 heterocycles. The van der Waals surface area contributed by atoms with Gasteiger partial charge in [0.2, 0.25) is 10.0 Å². The second-order valence-electron chi connectivity index (χ2n) is 5.09. The summed E-state index contributed by atoms with van der Waals surface area (Å²) in [5.74, 6) is -0.769. The van der Waals surface area contributed by atoms with Crippen LogP contribution in [-0.4, -0.2) is 44.8 Å². The Morgan fingerprint density at radius 3 is 2.60 bits per heavy atom. The second-order valence-corrected chi connectivity index (χ2v) is 6.99. The highest BCUT2D eigenvalue weighted by atomic mass is 32.2. The van der Waals surface area contributed by atoms with E-state index in [4.69, 9.17) is 15.2 Å². The van der Waals surface area contributed by atoms with Crippen LogP contribution in [0.25, 0.3) is 0 Å². The predicted octanol–water partition coefficient (Wildman–Crippen LogP) is 0.796. The molecule has 6 nitrogen and oxygen atoms in total. The normalized spacial score (nSPS) is 23.2. The molecule has 1 aromatic carbocycles.